The van der Waals surface area contributed by atoms with E-state index in [1.54, 1.807) is 11.3 Å². The molecule has 2 aromatic rings. The van der Waals surface area contributed by atoms with Crippen molar-refractivity contribution in [2.75, 3.05) is 6.54 Å². The molecular weight excluding hydrogens is 276 g/mol. The van der Waals surface area contributed by atoms with Crippen LogP contribution in [0.5, 0.6) is 0 Å². The van der Waals surface area contributed by atoms with E-state index in [9.17, 15) is 0 Å². The lowest BCUT2D eigenvalue weighted by Gasteiger charge is -2.33. The van der Waals surface area contributed by atoms with Gasteiger partial charge in [-0.1, -0.05) is 18.2 Å². The van der Waals surface area contributed by atoms with Crippen LogP contribution in [0.25, 0.3) is 0 Å². The molecule has 1 unspecified atom stereocenters. The second kappa shape index (κ2) is 6.30. The molecule has 0 bridgehead atoms. The molecule has 1 aromatic carbocycles. The number of nitrogens with two attached hydrogens (primary N) is 1. The molecule has 3 rings (SSSR count). The number of hydrogen-bond acceptors (Lipinski definition) is 3. The van der Waals surface area contributed by atoms with Crippen LogP contribution < -0.4 is 5.73 Å². The van der Waals surface area contributed by atoms with Crippen molar-refractivity contribution in [3.63, 3.8) is 0 Å². The lowest BCUT2D eigenvalue weighted by molar-refractivity contribution is 0.181. The van der Waals surface area contributed by atoms with Gasteiger partial charge in [0, 0.05) is 25.2 Å². The average molecular weight is 300 g/mol. The van der Waals surface area contributed by atoms with Gasteiger partial charge >= 0.3 is 0 Å². The Bertz CT molecular complexity index is 567. The van der Waals surface area contributed by atoms with Crippen LogP contribution in [0.1, 0.15) is 41.1 Å². The van der Waals surface area contributed by atoms with E-state index in [0.29, 0.717) is 18.6 Å². The van der Waals surface area contributed by atoms with E-state index in [2.05, 4.69) is 53.8 Å². The van der Waals surface area contributed by atoms with Gasteiger partial charge in [0.15, 0.2) is 0 Å². The first-order chi connectivity index (χ1) is 10.2. The largest absolute Gasteiger partial charge is 0.329 e. The third-order valence-corrected chi connectivity index (χ3v) is 5.19. The second-order valence-electron chi connectivity index (χ2n) is 6.09. The normalized spacial score (nSPS) is 16.4. The molecule has 1 heterocycles. The first kappa shape index (κ1) is 14.8. The summed E-state index contributed by atoms with van der Waals surface area (Å²) < 4.78 is 0. The lowest BCUT2D eigenvalue weighted by Crippen LogP contribution is -2.35. The van der Waals surface area contributed by atoms with Gasteiger partial charge in [0.1, 0.15) is 0 Å². The number of nitrogens with zero attached hydrogens (tertiary/aromatic N) is 1. The zero-order valence-corrected chi connectivity index (χ0v) is 13.7. The van der Waals surface area contributed by atoms with Gasteiger partial charge in [-0.05, 0) is 65.8 Å². The topological polar surface area (TPSA) is 29.3 Å². The molecular formula is C18H24N2S. The van der Waals surface area contributed by atoms with Gasteiger partial charge in [-0.25, -0.2) is 0 Å². The molecule has 0 spiro atoms. The summed E-state index contributed by atoms with van der Waals surface area (Å²) in [6.07, 6.45) is 2.62. The van der Waals surface area contributed by atoms with Gasteiger partial charge in [-0.3, -0.25) is 4.90 Å². The Morgan fingerprint density at radius 2 is 1.95 bits per heavy atom. The molecule has 1 atom stereocenters. The van der Waals surface area contributed by atoms with Crippen molar-refractivity contribution in [1.29, 1.82) is 0 Å². The van der Waals surface area contributed by atoms with Crippen LogP contribution >= 0.6 is 11.3 Å². The molecule has 0 radical (unpaired) electrons. The zero-order valence-electron chi connectivity index (χ0n) is 12.9. The first-order valence-corrected chi connectivity index (χ1v) is 8.68. The van der Waals surface area contributed by atoms with Crippen LogP contribution in [0, 0.1) is 13.8 Å². The number of aryl methyl sites for hydroxylation is 2. The van der Waals surface area contributed by atoms with Gasteiger partial charge < -0.3 is 5.73 Å². The van der Waals surface area contributed by atoms with Crippen molar-refractivity contribution in [3.8, 4) is 0 Å². The van der Waals surface area contributed by atoms with E-state index in [4.69, 9.17) is 5.73 Å². The molecule has 0 aliphatic heterocycles. The van der Waals surface area contributed by atoms with Crippen molar-refractivity contribution in [2.24, 2.45) is 5.73 Å². The van der Waals surface area contributed by atoms with Crippen molar-refractivity contribution in [1.82, 2.24) is 4.90 Å². The smallest absolute Gasteiger partial charge is 0.0482 e. The number of hydrogen-bond donors (Lipinski definition) is 1. The highest BCUT2D eigenvalue weighted by molar-refractivity contribution is 7.07. The summed E-state index contributed by atoms with van der Waals surface area (Å²) in [5.41, 5.74) is 11.8. The fourth-order valence-electron chi connectivity index (χ4n) is 3.27. The molecule has 1 aliphatic carbocycles. The summed E-state index contributed by atoms with van der Waals surface area (Å²) >= 11 is 1.78. The Kier molecular flexibility index (Phi) is 4.43. The molecule has 3 heteroatoms. The second-order valence-corrected chi connectivity index (χ2v) is 6.87. The molecule has 1 saturated carbocycles. The molecule has 112 valence electrons. The summed E-state index contributed by atoms with van der Waals surface area (Å²) in [4.78, 5) is 2.62. The monoisotopic (exact) mass is 300 g/mol. The van der Waals surface area contributed by atoms with Gasteiger partial charge in [0.2, 0.25) is 0 Å². The van der Waals surface area contributed by atoms with E-state index in [1.165, 1.54) is 35.1 Å². The summed E-state index contributed by atoms with van der Waals surface area (Å²) in [7, 11) is 0. The zero-order chi connectivity index (χ0) is 14.8. The predicted octanol–water partition coefficient (Wildman–Crippen LogP) is 4.03. The van der Waals surface area contributed by atoms with Gasteiger partial charge in [0.25, 0.3) is 0 Å². The molecule has 21 heavy (non-hydrogen) atoms. The van der Waals surface area contributed by atoms with Gasteiger partial charge in [-0.2, -0.15) is 11.3 Å². The number of benzene rings is 1. The third-order valence-electron chi connectivity index (χ3n) is 4.46. The Morgan fingerprint density at radius 3 is 2.48 bits per heavy atom. The lowest BCUT2D eigenvalue weighted by atomic mass is 9.94. The fourth-order valence-corrected chi connectivity index (χ4v) is 3.93. The van der Waals surface area contributed by atoms with Gasteiger partial charge in [0.05, 0.1) is 0 Å². The van der Waals surface area contributed by atoms with Crippen LogP contribution in [-0.2, 0) is 6.54 Å². The highest BCUT2D eigenvalue weighted by Crippen LogP contribution is 2.37. The molecule has 0 saturated heterocycles. The van der Waals surface area contributed by atoms with Crippen LogP contribution in [0.3, 0.4) is 0 Å². The molecule has 1 aromatic heterocycles. The summed E-state index contributed by atoms with van der Waals surface area (Å²) in [5, 5.41) is 4.42. The van der Waals surface area contributed by atoms with E-state index in [1.807, 2.05) is 0 Å². The summed E-state index contributed by atoms with van der Waals surface area (Å²) in [6, 6.07) is 9.83. The Morgan fingerprint density at radius 1 is 1.24 bits per heavy atom. The molecule has 2 nitrogen and oxygen atoms in total. The van der Waals surface area contributed by atoms with Crippen molar-refractivity contribution < 1.29 is 0 Å². The summed E-state index contributed by atoms with van der Waals surface area (Å²) in [5.74, 6) is 0. The minimum absolute atomic E-state index is 0.332. The minimum atomic E-state index is 0.332. The fraction of sp³-hybridized carbons (Fsp3) is 0.444. The maximum absolute atomic E-state index is 6.20. The van der Waals surface area contributed by atoms with E-state index in [-0.39, 0.29) is 0 Å². The predicted molar refractivity (Wildman–Crippen MR) is 90.6 cm³/mol. The first-order valence-electron chi connectivity index (χ1n) is 7.73. The summed E-state index contributed by atoms with van der Waals surface area (Å²) in [6.45, 7) is 6.12. The van der Waals surface area contributed by atoms with Crippen LogP contribution in [0.15, 0.2) is 35.0 Å². The molecule has 1 fully saturated rings. The van der Waals surface area contributed by atoms with Crippen molar-refractivity contribution in [2.45, 2.75) is 45.3 Å². The third kappa shape index (κ3) is 3.20. The SMILES string of the molecule is Cc1cccc(C)c1C(CN)N(Cc1ccsc1)C1CC1. The highest BCUT2D eigenvalue weighted by atomic mass is 32.1. The molecule has 0 amide bonds. The van der Waals surface area contributed by atoms with Crippen LogP contribution in [-0.4, -0.2) is 17.5 Å². The molecule has 2 N–H and O–H groups in total. The minimum Gasteiger partial charge on any atom is -0.329 e. The maximum atomic E-state index is 6.20. The van der Waals surface area contributed by atoms with Crippen LogP contribution in [0.4, 0.5) is 0 Å². The Hall–Kier alpha value is -1.16. The Balaban J connectivity index is 1.92. The van der Waals surface area contributed by atoms with Crippen molar-refractivity contribution in [3.05, 3.63) is 57.3 Å². The molecule has 1 aliphatic rings. The van der Waals surface area contributed by atoms with Gasteiger partial charge in [-0.15, -0.1) is 0 Å². The van der Waals surface area contributed by atoms with E-state index in [0.717, 1.165) is 6.54 Å². The average Bonchev–Trinajstić information content (AvgIpc) is 3.18. The van der Waals surface area contributed by atoms with Crippen molar-refractivity contribution >= 4 is 11.3 Å². The quantitative estimate of drug-likeness (QED) is 0.872. The standard InChI is InChI=1S/C18H24N2S/c1-13-4-3-5-14(2)18(13)17(10-19)20(16-6-7-16)11-15-8-9-21-12-15/h3-5,8-9,12,16-17H,6-7,10-11,19H2,1-2H3. The highest BCUT2D eigenvalue weighted by Gasteiger charge is 2.35. The van der Waals surface area contributed by atoms with Crippen LogP contribution in [0.2, 0.25) is 0 Å². The number of rotatable bonds is 6. The number of thiophene rings is 1. The van der Waals surface area contributed by atoms with E-state index >= 15 is 0 Å². The Labute approximate surface area is 131 Å². The maximum Gasteiger partial charge on any atom is 0.0482 e. The van der Waals surface area contributed by atoms with E-state index < -0.39 is 0 Å².